The summed E-state index contributed by atoms with van der Waals surface area (Å²) in [5, 5.41) is 0. The molecule has 0 saturated carbocycles. The summed E-state index contributed by atoms with van der Waals surface area (Å²) < 4.78 is 4.86. The Morgan fingerprint density at radius 1 is 0.913 bits per heavy atom. The van der Waals surface area contributed by atoms with Gasteiger partial charge in [0.25, 0.3) is 0 Å². The van der Waals surface area contributed by atoms with Crippen LogP contribution in [0.25, 0.3) is 0 Å². The van der Waals surface area contributed by atoms with E-state index in [9.17, 15) is 4.79 Å². The molecule has 0 spiro atoms. The van der Waals surface area contributed by atoms with E-state index < -0.39 is 5.56 Å². The van der Waals surface area contributed by atoms with Crippen molar-refractivity contribution in [3.63, 3.8) is 0 Å². The van der Waals surface area contributed by atoms with Gasteiger partial charge in [0.1, 0.15) is 0 Å². The third-order valence-electron chi connectivity index (χ3n) is 3.31. The van der Waals surface area contributed by atoms with Gasteiger partial charge < -0.3 is 4.74 Å². The summed E-state index contributed by atoms with van der Waals surface area (Å²) in [5.41, 5.74) is -0.527. The Labute approximate surface area is 147 Å². The molecule has 2 nitrogen and oxygen atoms in total. The van der Waals surface area contributed by atoms with E-state index in [0.717, 1.165) is 32.1 Å². The standard InChI is InChI=1S/C20H33ClO2/c1-3-4-5-6-7-8-9-10-11-12-13-14-15-16-17-18-20(22)23-19(2)21/h7-8,10-11,13-14,19H,3-6,9,12,15-18H2,1-2H3. The Morgan fingerprint density at radius 3 is 1.96 bits per heavy atom. The minimum absolute atomic E-state index is 0.206. The first-order chi connectivity index (χ1) is 11.2. The molecule has 0 N–H and O–H groups in total. The van der Waals surface area contributed by atoms with Crippen molar-refractivity contribution in [3.05, 3.63) is 36.5 Å². The van der Waals surface area contributed by atoms with Gasteiger partial charge in [0, 0.05) is 6.42 Å². The Kier molecular flexibility index (Phi) is 16.6. The van der Waals surface area contributed by atoms with Gasteiger partial charge in [-0.3, -0.25) is 4.79 Å². The van der Waals surface area contributed by atoms with Gasteiger partial charge in [-0.25, -0.2) is 0 Å². The number of rotatable bonds is 14. The van der Waals surface area contributed by atoms with Crippen LogP contribution in [0.2, 0.25) is 0 Å². The molecular formula is C20H33ClO2. The number of halogens is 1. The molecule has 0 fully saturated rings. The van der Waals surface area contributed by atoms with E-state index in [1.54, 1.807) is 6.92 Å². The third-order valence-corrected chi connectivity index (χ3v) is 3.40. The molecule has 0 aliphatic rings. The fourth-order valence-electron chi connectivity index (χ4n) is 2.06. The lowest BCUT2D eigenvalue weighted by molar-refractivity contribution is -0.144. The highest BCUT2D eigenvalue weighted by Crippen LogP contribution is 2.06. The van der Waals surface area contributed by atoms with Crippen molar-refractivity contribution in [2.45, 2.75) is 83.6 Å². The number of carbonyl (C=O) groups is 1. The van der Waals surface area contributed by atoms with Crippen molar-refractivity contribution in [2.75, 3.05) is 0 Å². The summed E-state index contributed by atoms with van der Waals surface area (Å²) in [6.45, 7) is 3.88. The molecule has 0 aromatic carbocycles. The molecule has 132 valence electrons. The fourth-order valence-corrected chi connectivity index (χ4v) is 2.16. The zero-order chi connectivity index (χ0) is 17.2. The monoisotopic (exact) mass is 340 g/mol. The predicted octanol–water partition coefficient (Wildman–Crippen LogP) is 6.70. The highest BCUT2D eigenvalue weighted by Gasteiger charge is 2.04. The average molecular weight is 341 g/mol. The number of alkyl halides is 1. The van der Waals surface area contributed by atoms with Gasteiger partial charge in [0.05, 0.1) is 0 Å². The normalized spacial score (nSPS) is 13.3. The molecule has 0 rings (SSSR count). The van der Waals surface area contributed by atoms with Gasteiger partial charge >= 0.3 is 5.97 Å². The van der Waals surface area contributed by atoms with Crippen LogP contribution < -0.4 is 0 Å². The number of hydrogen-bond acceptors (Lipinski definition) is 2. The highest BCUT2D eigenvalue weighted by atomic mass is 35.5. The van der Waals surface area contributed by atoms with Crippen LogP contribution in [-0.4, -0.2) is 11.5 Å². The zero-order valence-electron chi connectivity index (χ0n) is 14.8. The molecule has 0 aliphatic carbocycles. The number of unbranched alkanes of at least 4 members (excludes halogenated alkanes) is 5. The van der Waals surface area contributed by atoms with E-state index in [4.69, 9.17) is 16.3 Å². The molecule has 0 radical (unpaired) electrons. The van der Waals surface area contributed by atoms with Crippen molar-refractivity contribution in [1.82, 2.24) is 0 Å². The summed E-state index contributed by atoms with van der Waals surface area (Å²) >= 11 is 5.58. The van der Waals surface area contributed by atoms with Gasteiger partial charge in [0.15, 0.2) is 5.56 Å². The summed E-state index contributed by atoms with van der Waals surface area (Å²) in [7, 11) is 0. The third kappa shape index (κ3) is 18.9. The summed E-state index contributed by atoms with van der Waals surface area (Å²) in [6.07, 6.45) is 23.8. The minimum atomic E-state index is -0.527. The second-order valence-electron chi connectivity index (χ2n) is 5.66. The quantitative estimate of drug-likeness (QED) is 0.152. The SMILES string of the molecule is CCCCCC=CCC=CCC=CCCCCC(=O)OC(C)Cl. The van der Waals surface area contributed by atoms with E-state index in [1.165, 1.54) is 25.7 Å². The molecule has 1 atom stereocenters. The fraction of sp³-hybridized carbons (Fsp3) is 0.650. The topological polar surface area (TPSA) is 26.3 Å². The van der Waals surface area contributed by atoms with Crippen molar-refractivity contribution >= 4 is 17.6 Å². The van der Waals surface area contributed by atoms with E-state index >= 15 is 0 Å². The number of esters is 1. The van der Waals surface area contributed by atoms with Crippen molar-refractivity contribution < 1.29 is 9.53 Å². The number of allylic oxidation sites excluding steroid dienone is 6. The molecule has 0 aromatic heterocycles. The molecule has 23 heavy (non-hydrogen) atoms. The molecule has 0 heterocycles. The van der Waals surface area contributed by atoms with Crippen LogP contribution in [-0.2, 0) is 9.53 Å². The molecule has 0 saturated heterocycles. The molecule has 0 bridgehead atoms. The number of hydrogen-bond donors (Lipinski definition) is 0. The Morgan fingerprint density at radius 2 is 1.43 bits per heavy atom. The lowest BCUT2D eigenvalue weighted by Gasteiger charge is -2.04. The van der Waals surface area contributed by atoms with Crippen molar-refractivity contribution in [3.8, 4) is 0 Å². The Balaban J connectivity index is 3.40. The summed E-state index contributed by atoms with van der Waals surface area (Å²) in [4.78, 5) is 11.2. The van der Waals surface area contributed by atoms with Gasteiger partial charge in [-0.2, -0.15) is 0 Å². The summed E-state index contributed by atoms with van der Waals surface area (Å²) in [6, 6.07) is 0. The average Bonchev–Trinajstić information content (AvgIpc) is 2.50. The van der Waals surface area contributed by atoms with Crippen molar-refractivity contribution in [2.24, 2.45) is 0 Å². The molecule has 1 unspecified atom stereocenters. The van der Waals surface area contributed by atoms with Crippen LogP contribution in [0.4, 0.5) is 0 Å². The maximum Gasteiger partial charge on any atom is 0.307 e. The van der Waals surface area contributed by atoms with Crippen LogP contribution >= 0.6 is 11.6 Å². The Hall–Kier alpha value is -1.02. The lowest BCUT2D eigenvalue weighted by atomic mass is 10.1. The van der Waals surface area contributed by atoms with Gasteiger partial charge in [-0.1, -0.05) is 67.8 Å². The first-order valence-corrected chi connectivity index (χ1v) is 9.39. The van der Waals surface area contributed by atoms with Crippen LogP contribution in [0.1, 0.15) is 78.1 Å². The molecule has 0 aliphatic heterocycles. The van der Waals surface area contributed by atoms with Gasteiger partial charge in [-0.15, -0.1) is 0 Å². The largest absolute Gasteiger partial charge is 0.446 e. The van der Waals surface area contributed by atoms with Crippen LogP contribution in [0.15, 0.2) is 36.5 Å². The number of ether oxygens (including phenoxy) is 1. The zero-order valence-corrected chi connectivity index (χ0v) is 15.6. The second kappa shape index (κ2) is 17.3. The highest BCUT2D eigenvalue weighted by molar-refractivity contribution is 6.19. The van der Waals surface area contributed by atoms with Crippen LogP contribution in [0.5, 0.6) is 0 Å². The second-order valence-corrected chi connectivity index (χ2v) is 6.27. The minimum Gasteiger partial charge on any atom is -0.446 e. The molecular weight excluding hydrogens is 308 g/mol. The van der Waals surface area contributed by atoms with E-state index in [0.29, 0.717) is 6.42 Å². The smallest absolute Gasteiger partial charge is 0.307 e. The number of carbonyl (C=O) groups excluding carboxylic acids is 1. The molecule has 0 amide bonds. The van der Waals surface area contributed by atoms with Crippen LogP contribution in [0.3, 0.4) is 0 Å². The van der Waals surface area contributed by atoms with Gasteiger partial charge in [-0.05, 0) is 51.9 Å². The lowest BCUT2D eigenvalue weighted by Crippen LogP contribution is -2.08. The van der Waals surface area contributed by atoms with E-state index in [1.807, 2.05) is 0 Å². The molecule has 3 heteroatoms. The summed E-state index contributed by atoms with van der Waals surface area (Å²) in [5.74, 6) is -0.206. The van der Waals surface area contributed by atoms with E-state index in [-0.39, 0.29) is 5.97 Å². The van der Waals surface area contributed by atoms with E-state index in [2.05, 4.69) is 43.4 Å². The van der Waals surface area contributed by atoms with Crippen molar-refractivity contribution in [1.29, 1.82) is 0 Å². The molecule has 0 aromatic rings. The maximum atomic E-state index is 11.2. The van der Waals surface area contributed by atoms with Crippen LogP contribution in [0, 0.1) is 0 Å². The Bertz CT molecular complexity index is 357. The first kappa shape index (κ1) is 22.0. The maximum absolute atomic E-state index is 11.2. The first-order valence-electron chi connectivity index (χ1n) is 8.95. The predicted molar refractivity (Wildman–Crippen MR) is 101 cm³/mol. The van der Waals surface area contributed by atoms with Gasteiger partial charge in [0.2, 0.25) is 0 Å².